The molecule has 0 spiro atoms. The van der Waals surface area contributed by atoms with Gasteiger partial charge in [-0.25, -0.2) is 4.79 Å². The van der Waals surface area contributed by atoms with E-state index in [1.165, 1.54) is 56.9 Å². The fourth-order valence-electron chi connectivity index (χ4n) is 3.57. The lowest BCUT2D eigenvalue weighted by atomic mass is 9.98. The van der Waals surface area contributed by atoms with E-state index < -0.39 is 0 Å². The van der Waals surface area contributed by atoms with Crippen molar-refractivity contribution in [3.63, 3.8) is 0 Å². The number of aryl methyl sites for hydroxylation is 1. The molecule has 2 nitrogen and oxygen atoms in total. The van der Waals surface area contributed by atoms with Crippen LogP contribution in [0.3, 0.4) is 0 Å². The summed E-state index contributed by atoms with van der Waals surface area (Å²) in [4.78, 5) is 12.3. The molecule has 0 radical (unpaired) electrons. The van der Waals surface area contributed by atoms with E-state index in [1.807, 2.05) is 43.3 Å². The van der Waals surface area contributed by atoms with Gasteiger partial charge < -0.3 is 4.74 Å². The maximum Gasteiger partial charge on any atom is 0.338 e. The molecule has 0 saturated heterocycles. The van der Waals surface area contributed by atoms with E-state index in [-0.39, 0.29) is 5.97 Å². The molecular formula is C26H36O2. The highest BCUT2D eigenvalue weighted by Crippen LogP contribution is 2.24. The molecular weight excluding hydrogens is 344 g/mol. The summed E-state index contributed by atoms with van der Waals surface area (Å²) < 4.78 is 5.46. The molecule has 0 fully saturated rings. The van der Waals surface area contributed by atoms with Gasteiger partial charge in [0, 0.05) is 0 Å². The number of carbonyl (C=O) groups excluding carboxylic acids is 1. The van der Waals surface area contributed by atoms with Crippen LogP contribution < -0.4 is 0 Å². The average Bonchev–Trinajstić information content (AvgIpc) is 2.72. The van der Waals surface area contributed by atoms with Gasteiger partial charge in [-0.05, 0) is 42.2 Å². The second-order valence-corrected chi connectivity index (χ2v) is 7.71. The standard InChI is InChI=1S/C26H36O2/c1-3-4-5-6-7-8-9-10-11-15-20-28-26(27)24-18-19-25(22(2)21-24)23-16-13-12-14-17-23/h12-14,16-19,21H,3-11,15,20H2,1-2H3. The minimum absolute atomic E-state index is 0.210. The van der Waals surface area contributed by atoms with Crippen molar-refractivity contribution in [1.82, 2.24) is 0 Å². The molecule has 152 valence electrons. The van der Waals surface area contributed by atoms with Crippen LogP contribution in [0.25, 0.3) is 11.1 Å². The summed E-state index contributed by atoms with van der Waals surface area (Å²) in [7, 11) is 0. The van der Waals surface area contributed by atoms with Crippen LogP contribution in [0.15, 0.2) is 48.5 Å². The van der Waals surface area contributed by atoms with Crippen molar-refractivity contribution >= 4 is 5.97 Å². The second-order valence-electron chi connectivity index (χ2n) is 7.71. The fraction of sp³-hybridized carbons (Fsp3) is 0.500. The first-order valence-electron chi connectivity index (χ1n) is 11.1. The van der Waals surface area contributed by atoms with E-state index in [4.69, 9.17) is 4.74 Å². The highest BCUT2D eigenvalue weighted by atomic mass is 16.5. The largest absolute Gasteiger partial charge is 0.462 e. The van der Waals surface area contributed by atoms with Gasteiger partial charge in [-0.15, -0.1) is 0 Å². The maximum atomic E-state index is 12.3. The summed E-state index contributed by atoms with van der Waals surface area (Å²) in [6.45, 7) is 4.82. The molecule has 0 aromatic heterocycles. The average molecular weight is 381 g/mol. The molecule has 0 unspecified atom stereocenters. The van der Waals surface area contributed by atoms with Crippen LogP contribution in [-0.2, 0) is 4.74 Å². The summed E-state index contributed by atoms with van der Waals surface area (Å²) in [5, 5.41) is 0. The Hall–Kier alpha value is -2.09. The van der Waals surface area contributed by atoms with Crippen molar-refractivity contribution in [3.05, 3.63) is 59.7 Å². The molecule has 0 aliphatic carbocycles. The molecule has 0 heterocycles. The van der Waals surface area contributed by atoms with E-state index in [2.05, 4.69) is 19.1 Å². The van der Waals surface area contributed by atoms with Gasteiger partial charge in [0.15, 0.2) is 0 Å². The SMILES string of the molecule is CCCCCCCCCCCCOC(=O)c1ccc(-c2ccccc2)c(C)c1. The van der Waals surface area contributed by atoms with Crippen molar-refractivity contribution in [2.75, 3.05) is 6.61 Å². The lowest BCUT2D eigenvalue weighted by molar-refractivity contribution is 0.0497. The zero-order chi connectivity index (χ0) is 20.0. The maximum absolute atomic E-state index is 12.3. The van der Waals surface area contributed by atoms with Gasteiger partial charge >= 0.3 is 5.97 Å². The minimum atomic E-state index is -0.210. The van der Waals surface area contributed by atoms with Crippen molar-refractivity contribution in [1.29, 1.82) is 0 Å². The summed E-state index contributed by atoms with van der Waals surface area (Å²) >= 11 is 0. The van der Waals surface area contributed by atoms with Gasteiger partial charge in [-0.3, -0.25) is 0 Å². The number of esters is 1. The molecule has 0 amide bonds. The van der Waals surface area contributed by atoms with Crippen LogP contribution in [0, 0.1) is 6.92 Å². The van der Waals surface area contributed by atoms with Crippen LogP contribution >= 0.6 is 0 Å². The Morgan fingerprint density at radius 2 is 1.39 bits per heavy atom. The Balaban J connectivity index is 1.62. The number of hydrogen-bond donors (Lipinski definition) is 0. The lowest BCUT2D eigenvalue weighted by Gasteiger charge is -2.09. The Bertz CT molecular complexity index is 691. The molecule has 2 aromatic carbocycles. The van der Waals surface area contributed by atoms with Gasteiger partial charge in [-0.2, -0.15) is 0 Å². The van der Waals surface area contributed by atoms with E-state index in [9.17, 15) is 4.79 Å². The molecule has 28 heavy (non-hydrogen) atoms. The number of carbonyl (C=O) groups is 1. The van der Waals surface area contributed by atoms with E-state index in [0.717, 1.165) is 24.0 Å². The number of ether oxygens (including phenoxy) is 1. The fourth-order valence-corrected chi connectivity index (χ4v) is 3.57. The van der Waals surface area contributed by atoms with Gasteiger partial charge in [0.05, 0.1) is 12.2 Å². The Kier molecular flexibility index (Phi) is 10.4. The third kappa shape index (κ3) is 7.88. The number of rotatable bonds is 13. The van der Waals surface area contributed by atoms with Crippen LogP contribution in [0.2, 0.25) is 0 Å². The summed E-state index contributed by atoms with van der Waals surface area (Å²) in [5.74, 6) is -0.210. The monoisotopic (exact) mass is 380 g/mol. The third-order valence-electron chi connectivity index (χ3n) is 5.28. The normalized spacial score (nSPS) is 10.8. The number of hydrogen-bond acceptors (Lipinski definition) is 2. The van der Waals surface area contributed by atoms with Gasteiger partial charge in [0.2, 0.25) is 0 Å². The smallest absolute Gasteiger partial charge is 0.338 e. The lowest BCUT2D eigenvalue weighted by Crippen LogP contribution is -2.07. The van der Waals surface area contributed by atoms with Crippen LogP contribution in [0.4, 0.5) is 0 Å². The first kappa shape index (κ1) is 22.2. The summed E-state index contributed by atoms with van der Waals surface area (Å²) in [6, 6.07) is 16.1. The molecule has 2 heteroatoms. The van der Waals surface area contributed by atoms with Gasteiger partial charge in [0.1, 0.15) is 0 Å². The first-order chi connectivity index (χ1) is 13.7. The Morgan fingerprint density at radius 3 is 2.00 bits per heavy atom. The minimum Gasteiger partial charge on any atom is -0.462 e. The molecule has 2 aromatic rings. The van der Waals surface area contributed by atoms with Crippen molar-refractivity contribution in [3.8, 4) is 11.1 Å². The highest BCUT2D eigenvalue weighted by Gasteiger charge is 2.10. The summed E-state index contributed by atoms with van der Waals surface area (Å²) in [5.41, 5.74) is 4.07. The topological polar surface area (TPSA) is 26.3 Å². The molecule has 0 aliphatic rings. The third-order valence-corrected chi connectivity index (χ3v) is 5.28. The summed E-state index contributed by atoms with van der Waals surface area (Å²) in [6.07, 6.45) is 12.8. The van der Waals surface area contributed by atoms with E-state index in [1.54, 1.807) is 0 Å². The number of benzene rings is 2. The molecule has 0 bridgehead atoms. The Morgan fingerprint density at radius 1 is 0.786 bits per heavy atom. The van der Waals surface area contributed by atoms with Crippen LogP contribution in [0.5, 0.6) is 0 Å². The molecule has 0 aliphatic heterocycles. The predicted octanol–water partition coefficient (Wildman–Crippen LogP) is 7.74. The van der Waals surface area contributed by atoms with E-state index >= 15 is 0 Å². The van der Waals surface area contributed by atoms with Crippen LogP contribution in [0.1, 0.15) is 87.1 Å². The Labute approximate surface area is 171 Å². The zero-order valence-corrected chi connectivity index (χ0v) is 17.7. The van der Waals surface area contributed by atoms with Crippen molar-refractivity contribution in [2.24, 2.45) is 0 Å². The van der Waals surface area contributed by atoms with Gasteiger partial charge in [-0.1, -0.05) is 101 Å². The van der Waals surface area contributed by atoms with Gasteiger partial charge in [0.25, 0.3) is 0 Å². The molecule has 2 rings (SSSR count). The van der Waals surface area contributed by atoms with Crippen molar-refractivity contribution in [2.45, 2.75) is 78.1 Å². The molecule has 0 atom stereocenters. The second kappa shape index (κ2) is 13.1. The quantitative estimate of drug-likeness (QED) is 0.262. The van der Waals surface area contributed by atoms with E-state index in [0.29, 0.717) is 12.2 Å². The predicted molar refractivity (Wildman–Crippen MR) is 119 cm³/mol. The number of unbranched alkanes of at least 4 members (excludes halogenated alkanes) is 9. The highest BCUT2D eigenvalue weighted by molar-refractivity contribution is 5.90. The molecule has 0 N–H and O–H groups in total. The van der Waals surface area contributed by atoms with Crippen molar-refractivity contribution < 1.29 is 9.53 Å². The zero-order valence-electron chi connectivity index (χ0n) is 17.7. The van der Waals surface area contributed by atoms with Crippen LogP contribution in [-0.4, -0.2) is 12.6 Å². The molecule has 0 saturated carbocycles. The first-order valence-corrected chi connectivity index (χ1v) is 11.1.